The minimum absolute atomic E-state index is 0.0980. The number of hydrogen-bond acceptors (Lipinski definition) is 3. The Balaban J connectivity index is 1.48. The second-order valence-electron chi connectivity index (χ2n) is 8.02. The summed E-state index contributed by atoms with van der Waals surface area (Å²) in [6.07, 6.45) is 4.50. The van der Waals surface area contributed by atoms with Gasteiger partial charge in [-0.15, -0.1) is 0 Å². The van der Waals surface area contributed by atoms with E-state index in [2.05, 4.69) is 5.32 Å². The summed E-state index contributed by atoms with van der Waals surface area (Å²) in [6.45, 7) is -0.302. The summed E-state index contributed by atoms with van der Waals surface area (Å²) in [5.74, 6) is 0.439. The molecule has 28 heavy (non-hydrogen) atoms. The van der Waals surface area contributed by atoms with Crippen molar-refractivity contribution in [3.05, 3.63) is 48.3 Å². The molecule has 7 heteroatoms. The van der Waals surface area contributed by atoms with Crippen LogP contribution < -0.4 is 9.62 Å². The number of carbonyl (C=O) groups is 1. The van der Waals surface area contributed by atoms with E-state index in [9.17, 15) is 17.6 Å². The van der Waals surface area contributed by atoms with Gasteiger partial charge in [0.2, 0.25) is 5.91 Å². The first-order chi connectivity index (χ1) is 13.4. The molecule has 0 saturated heterocycles. The number of sulfonamides is 1. The number of fused-ring (bicyclic) bond motifs is 5. The van der Waals surface area contributed by atoms with Gasteiger partial charge in [0.25, 0.3) is 10.0 Å². The van der Waals surface area contributed by atoms with E-state index in [1.165, 1.54) is 30.7 Å². The fraction of sp³-hybridized carbons (Fsp3) is 0.381. The van der Waals surface area contributed by atoms with Crippen molar-refractivity contribution in [2.45, 2.75) is 36.6 Å². The van der Waals surface area contributed by atoms with Crippen LogP contribution in [-0.4, -0.2) is 26.9 Å². The standard InChI is InChI=1S/C21H21FN2O3S/c22-15-7-8-19-17(11-15)16-3-1-2-4-20(16)28(26,27)24(19)12-21(25)23-18-10-13-5-6-14(18)9-13/h1-4,7-8,11,13-14,18H,5-6,9-10,12H2,(H,23,25)/t13-,14-,18-/m1/s1. The number of amides is 1. The molecule has 2 aromatic carbocycles. The van der Waals surface area contributed by atoms with Crippen molar-refractivity contribution in [2.75, 3.05) is 10.8 Å². The molecule has 2 fully saturated rings. The lowest BCUT2D eigenvalue weighted by Gasteiger charge is -2.32. The Morgan fingerprint density at radius 3 is 2.68 bits per heavy atom. The number of nitrogens with zero attached hydrogens (tertiary/aromatic N) is 1. The zero-order valence-corrected chi connectivity index (χ0v) is 16.1. The fourth-order valence-corrected chi connectivity index (χ4v) is 6.73. The summed E-state index contributed by atoms with van der Waals surface area (Å²) >= 11 is 0. The Morgan fingerprint density at radius 2 is 1.93 bits per heavy atom. The third-order valence-corrected chi connectivity index (χ3v) is 8.16. The maximum absolute atomic E-state index is 13.9. The molecule has 0 aromatic heterocycles. The van der Waals surface area contributed by atoms with Gasteiger partial charge in [0.05, 0.1) is 10.6 Å². The fourth-order valence-electron chi connectivity index (χ4n) is 5.08. The van der Waals surface area contributed by atoms with Gasteiger partial charge < -0.3 is 5.32 Å². The van der Waals surface area contributed by atoms with Crippen LogP contribution in [0.5, 0.6) is 0 Å². The third kappa shape index (κ3) is 2.71. The summed E-state index contributed by atoms with van der Waals surface area (Å²) in [6, 6.07) is 10.6. The number of anilines is 1. The summed E-state index contributed by atoms with van der Waals surface area (Å²) in [5, 5.41) is 3.04. The molecule has 1 amide bonds. The van der Waals surface area contributed by atoms with E-state index in [1.54, 1.807) is 18.2 Å². The first kappa shape index (κ1) is 17.7. The van der Waals surface area contributed by atoms with E-state index >= 15 is 0 Å². The minimum Gasteiger partial charge on any atom is -0.352 e. The van der Waals surface area contributed by atoms with Crippen LogP contribution in [0.1, 0.15) is 25.7 Å². The molecule has 3 atom stereocenters. The zero-order chi connectivity index (χ0) is 19.5. The Kier molecular flexibility index (Phi) is 3.98. The monoisotopic (exact) mass is 400 g/mol. The van der Waals surface area contributed by atoms with Gasteiger partial charge >= 0.3 is 0 Å². The molecule has 5 rings (SSSR count). The first-order valence-corrected chi connectivity index (χ1v) is 11.1. The molecule has 3 aliphatic rings. The van der Waals surface area contributed by atoms with Gasteiger partial charge in [-0.3, -0.25) is 9.10 Å². The highest BCUT2D eigenvalue weighted by Crippen LogP contribution is 2.45. The normalized spacial score (nSPS) is 26.6. The number of benzene rings is 2. The van der Waals surface area contributed by atoms with Gasteiger partial charge in [0.15, 0.2) is 0 Å². The molecule has 2 aliphatic carbocycles. The van der Waals surface area contributed by atoms with Gasteiger partial charge in [-0.25, -0.2) is 12.8 Å². The van der Waals surface area contributed by atoms with Gasteiger partial charge in [-0.05, 0) is 55.4 Å². The van der Waals surface area contributed by atoms with Gasteiger partial charge in [0, 0.05) is 17.2 Å². The molecule has 2 saturated carbocycles. The number of rotatable bonds is 3. The van der Waals surface area contributed by atoms with Crippen molar-refractivity contribution >= 4 is 21.6 Å². The maximum atomic E-state index is 13.9. The average molecular weight is 400 g/mol. The molecule has 1 aliphatic heterocycles. The van der Waals surface area contributed by atoms with Crippen LogP contribution in [0.15, 0.2) is 47.4 Å². The van der Waals surface area contributed by atoms with Gasteiger partial charge in [0.1, 0.15) is 12.4 Å². The van der Waals surface area contributed by atoms with Crippen molar-refractivity contribution in [1.82, 2.24) is 5.32 Å². The topological polar surface area (TPSA) is 66.5 Å². The van der Waals surface area contributed by atoms with E-state index < -0.39 is 15.8 Å². The SMILES string of the molecule is O=C(CN1c2ccc(F)cc2-c2ccccc2S1(=O)=O)N[C@@H]1C[C@@H]2CC[C@@H]1C2. The summed E-state index contributed by atoms with van der Waals surface area (Å²) in [7, 11) is -3.90. The third-order valence-electron chi connectivity index (χ3n) is 6.34. The lowest BCUT2D eigenvalue weighted by molar-refractivity contribution is -0.120. The molecule has 1 N–H and O–H groups in total. The van der Waals surface area contributed by atoms with Crippen molar-refractivity contribution in [3.63, 3.8) is 0 Å². The number of halogens is 1. The van der Waals surface area contributed by atoms with Crippen molar-refractivity contribution < 1.29 is 17.6 Å². The first-order valence-electron chi connectivity index (χ1n) is 9.64. The lowest BCUT2D eigenvalue weighted by atomic mass is 9.95. The molecule has 2 bridgehead atoms. The molecule has 0 spiro atoms. The van der Waals surface area contributed by atoms with Crippen molar-refractivity contribution in [3.8, 4) is 11.1 Å². The van der Waals surface area contributed by atoms with E-state index in [4.69, 9.17) is 0 Å². The molecule has 1 heterocycles. The predicted octanol–water partition coefficient (Wildman–Crippen LogP) is 3.31. The minimum atomic E-state index is -3.90. The second kappa shape index (κ2) is 6.30. The number of carbonyl (C=O) groups excluding carboxylic acids is 1. The van der Waals surface area contributed by atoms with E-state index in [1.807, 2.05) is 0 Å². The second-order valence-corrected chi connectivity index (χ2v) is 9.85. The number of nitrogens with one attached hydrogen (secondary N) is 1. The van der Waals surface area contributed by atoms with Gasteiger partial charge in [-0.1, -0.05) is 24.6 Å². The Bertz CT molecular complexity index is 1070. The summed E-state index contributed by atoms with van der Waals surface area (Å²) < 4.78 is 41.4. The predicted molar refractivity (Wildman–Crippen MR) is 104 cm³/mol. The van der Waals surface area contributed by atoms with Crippen LogP contribution in [0.3, 0.4) is 0 Å². The van der Waals surface area contributed by atoms with Crippen LogP contribution in [-0.2, 0) is 14.8 Å². The zero-order valence-electron chi connectivity index (χ0n) is 15.3. The Morgan fingerprint density at radius 1 is 1.11 bits per heavy atom. The quantitative estimate of drug-likeness (QED) is 0.860. The van der Waals surface area contributed by atoms with Crippen molar-refractivity contribution in [1.29, 1.82) is 0 Å². The van der Waals surface area contributed by atoms with Gasteiger partial charge in [-0.2, -0.15) is 0 Å². The van der Waals surface area contributed by atoms with Crippen LogP contribution in [0, 0.1) is 17.7 Å². The molecular formula is C21H21FN2O3S. The Labute approximate surface area is 163 Å². The molecular weight excluding hydrogens is 379 g/mol. The highest BCUT2D eigenvalue weighted by atomic mass is 32.2. The molecule has 5 nitrogen and oxygen atoms in total. The molecule has 2 aromatic rings. The highest BCUT2D eigenvalue weighted by molar-refractivity contribution is 7.93. The number of hydrogen-bond donors (Lipinski definition) is 1. The maximum Gasteiger partial charge on any atom is 0.265 e. The van der Waals surface area contributed by atoms with Crippen molar-refractivity contribution in [2.24, 2.45) is 11.8 Å². The average Bonchev–Trinajstić information content (AvgIpc) is 3.28. The Hall–Kier alpha value is -2.41. The van der Waals surface area contributed by atoms with E-state index in [0.29, 0.717) is 28.7 Å². The summed E-state index contributed by atoms with van der Waals surface area (Å²) in [5.41, 5.74) is 1.28. The molecule has 0 radical (unpaired) electrons. The summed E-state index contributed by atoms with van der Waals surface area (Å²) in [4.78, 5) is 12.8. The van der Waals surface area contributed by atoms with E-state index in [0.717, 1.165) is 23.6 Å². The highest BCUT2D eigenvalue weighted by Gasteiger charge is 2.41. The van der Waals surface area contributed by atoms with Crippen LogP contribution >= 0.6 is 0 Å². The molecule has 146 valence electrons. The smallest absolute Gasteiger partial charge is 0.265 e. The van der Waals surface area contributed by atoms with Crippen LogP contribution in [0.25, 0.3) is 11.1 Å². The largest absolute Gasteiger partial charge is 0.352 e. The lowest BCUT2D eigenvalue weighted by Crippen LogP contribution is -2.46. The van der Waals surface area contributed by atoms with Crippen LogP contribution in [0.4, 0.5) is 10.1 Å². The van der Waals surface area contributed by atoms with E-state index in [-0.39, 0.29) is 23.4 Å². The van der Waals surface area contributed by atoms with Crippen LogP contribution in [0.2, 0.25) is 0 Å². The molecule has 0 unspecified atom stereocenters.